The quantitative estimate of drug-likeness (QED) is 0.677. The number of aryl methyl sites for hydroxylation is 1. The molecule has 0 spiro atoms. The Morgan fingerprint density at radius 1 is 1.17 bits per heavy atom. The Balaban J connectivity index is 2.00. The van der Waals surface area contributed by atoms with Gasteiger partial charge in [-0.05, 0) is 30.2 Å². The molecule has 1 aliphatic rings. The van der Waals surface area contributed by atoms with Crippen LogP contribution < -0.4 is 0 Å². The smallest absolute Gasteiger partial charge is 0.285 e. The summed E-state index contributed by atoms with van der Waals surface area (Å²) in [5.41, 5.74) is 2.45. The number of rotatable bonds is 4. The van der Waals surface area contributed by atoms with E-state index in [2.05, 4.69) is 9.50 Å². The van der Waals surface area contributed by atoms with Gasteiger partial charge in [0.1, 0.15) is 4.90 Å². The van der Waals surface area contributed by atoms with E-state index in [1.807, 2.05) is 31.2 Å². The minimum atomic E-state index is -3.72. The number of hydrogen-bond donors (Lipinski definition) is 1. The normalized spacial score (nSPS) is 15.3. The molecule has 0 saturated heterocycles. The van der Waals surface area contributed by atoms with Gasteiger partial charge in [-0.2, -0.15) is 13.5 Å². The highest BCUT2D eigenvalue weighted by atomic mass is 32.2. The van der Waals surface area contributed by atoms with Gasteiger partial charge in [0, 0.05) is 5.56 Å². The van der Waals surface area contributed by atoms with Crippen molar-refractivity contribution in [2.24, 2.45) is 9.50 Å². The molecule has 1 aliphatic heterocycles. The van der Waals surface area contributed by atoms with Gasteiger partial charge in [0.2, 0.25) is 0 Å². The van der Waals surface area contributed by atoms with Gasteiger partial charge >= 0.3 is 0 Å². The molecule has 2 aromatic carbocycles. The van der Waals surface area contributed by atoms with Gasteiger partial charge in [-0.15, -0.1) is 4.40 Å². The predicted octanol–water partition coefficient (Wildman–Crippen LogP) is 1.77. The molecule has 7 heteroatoms. The van der Waals surface area contributed by atoms with Gasteiger partial charge in [-0.3, -0.25) is 0 Å². The zero-order valence-electron chi connectivity index (χ0n) is 13.1. The number of aliphatic hydroxyl groups is 1. The van der Waals surface area contributed by atoms with Crippen LogP contribution in [0.5, 0.6) is 0 Å². The van der Waals surface area contributed by atoms with Gasteiger partial charge in [0.25, 0.3) is 10.0 Å². The van der Waals surface area contributed by atoms with Crippen molar-refractivity contribution >= 4 is 22.1 Å². The second kappa shape index (κ2) is 6.54. The second-order valence-electron chi connectivity index (χ2n) is 5.33. The molecule has 124 valence electrons. The zero-order valence-corrected chi connectivity index (χ0v) is 13.9. The van der Waals surface area contributed by atoms with Gasteiger partial charge in [-0.1, -0.05) is 36.4 Å². The van der Waals surface area contributed by atoms with Crippen molar-refractivity contribution in [3.05, 3.63) is 65.2 Å². The van der Waals surface area contributed by atoms with E-state index in [-0.39, 0.29) is 23.9 Å². The summed E-state index contributed by atoms with van der Waals surface area (Å²) < 4.78 is 28.2. The first-order valence-corrected chi connectivity index (χ1v) is 8.89. The third-order valence-corrected chi connectivity index (χ3v) is 5.02. The average Bonchev–Trinajstić information content (AvgIpc) is 2.85. The van der Waals surface area contributed by atoms with Gasteiger partial charge < -0.3 is 5.11 Å². The molecule has 0 amide bonds. The highest BCUT2D eigenvalue weighted by Crippen LogP contribution is 2.27. The van der Waals surface area contributed by atoms with Crippen LogP contribution in [0.3, 0.4) is 0 Å². The monoisotopic (exact) mass is 343 g/mol. The molecule has 0 saturated carbocycles. The van der Waals surface area contributed by atoms with E-state index >= 15 is 0 Å². The average molecular weight is 343 g/mol. The molecule has 0 aromatic heterocycles. The molecule has 0 unspecified atom stereocenters. The van der Waals surface area contributed by atoms with Crippen LogP contribution in [0.4, 0.5) is 0 Å². The van der Waals surface area contributed by atoms with Crippen LogP contribution in [0.25, 0.3) is 0 Å². The Morgan fingerprint density at radius 2 is 1.88 bits per heavy atom. The summed E-state index contributed by atoms with van der Waals surface area (Å²) in [6, 6.07) is 14.3. The number of nitrogens with zero attached hydrogens (tertiary/aromatic N) is 3. The van der Waals surface area contributed by atoms with E-state index in [0.717, 1.165) is 11.1 Å². The van der Waals surface area contributed by atoms with Crippen molar-refractivity contribution < 1.29 is 13.5 Å². The lowest BCUT2D eigenvalue weighted by atomic mass is 10.1. The maximum Gasteiger partial charge on any atom is 0.285 e. The number of hydrazone groups is 1. The predicted molar refractivity (Wildman–Crippen MR) is 92.7 cm³/mol. The Morgan fingerprint density at radius 3 is 2.62 bits per heavy atom. The van der Waals surface area contributed by atoms with Crippen LogP contribution >= 0.6 is 0 Å². The van der Waals surface area contributed by atoms with Crippen LogP contribution in [-0.4, -0.2) is 43.7 Å². The topological polar surface area (TPSA) is 82.3 Å². The molecule has 0 radical (unpaired) electrons. The Hall–Kier alpha value is -2.51. The second-order valence-corrected chi connectivity index (χ2v) is 6.91. The Bertz CT molecular complexity index is 920. The summed E-state index contributed by atoms with van der Waals surface area (Å²) in [6.07, 6.45) is 1.64. The maximum absolute atomic E-state index is 12.2. The largest absolute Gasteiger partial charge is 0.394 e. The fraction of sp³-hybridized carbons (Fsp3) is 0.176. The van der Waals surface area contributed by atoms with Crippen molar-refractivity contribution in [1.82, 2.24) is 5.01 Å². The van der Waals surface area contributed by atoms with Crippen molar-refractivity contribution in [2.45, 2.75) is 11.8 Å². The van der Waals surface area contributed by atoms with Gasteiger partial charge in [-0.25, -0.2) is 5.01 Å². The summed E-state index contributed by atoms with van der Waals surface area (Å²) in [4.78, 5) is 0.161. The number of amidine groups is 1. The molecule has 0 fully saturated rings. The molecule has 3 rings (SSSR count). The van der Waals surface area contributed by atoms with Crippen molar-refractivity contribution in [1.29, 1.82) is 0 Å². The highest BCUT2D eigenvalue weighted by molar-refractivity contribution is 7.90. The summed E-state index contributed by atoms with van der Waals surface area (Å²) in [5.74, 6) is 0.226. The third-order valence-electron chi connectivity index (χ3n) is 3.69. The van der Waals surface area contributed by atoms with Crippen LogP contribution in [0.15, 0.2) is 62.9 Å². The summed E-state index contributed by atoms with van der Waals surface area (Å²) in [7, 11) is -3.72. The zero-order chi connectivity index (χ0) is 17.2. The third kappa shape index (κ3) is 3.08. The molecule has 0 aliphatic carbocycles. The molecular formula is C17H17N3O3S. The number of fused-ring (bicyclic) bond motifs is 1. The van der Waals surface area contributed by atoms with Crippen molar-refractivity contribution in [3.63, 3.8) is 0 Å². The molecule has 0 bridgehead atoms. The van der Waals surface area contributed by atoms with Crippen molar-refractivity contribution in [2.75, 3.05) is 13.2 Å². The molecule has 2 aromatic rings. The minimum absolute atomic E-state index is 0.144. The molecule has 0 atom stereocenters. The first kappa shape index (κ1) is 16.4. The van der Waals surface area contributed by atoms with Crippen LogP contribution in [0, 0.1) is 6.92 Å². The Kier molecular flexibility index (Phi) is 4.46. The summed E-state index contributed by atoms with van der Waals surface area (Å²) in [6.45, 7) is 1.93. The number of aliphatic hydroxyl groups excluding tert-OH is 1. The van der Waals surface area contributed by atoms with E-state index in [1.165, 1.54) is 11.1 Å². The standard InChI is InChI=1S/C17H17N3O3S/c1-13-6-2-3-7-14(13)12-18-20(10-11-21)17-15-8-4-5-9-16(15)24(22,23)19-17/h2-9,12,21H,10-11H2,1H3/b18-12-. The first-order valence-electron chi connectivity index (χ1n) is 7.45. The van der Waals surface area contributed by atoms with E-state index in [1.54, 1.807) is 24.4 Å². The van der Waals surface area contributed by atoms with E-state index < -0.39 is 10.0 Å². The molecule has 1 heterocycles. The number of benzene rings is 2. The maximum atomic E-state index is 12.2. The molecule has 24 heavy (non-hydrogen) atoms. The van der Waals surface area contributed by atoms with E-state index in [0.29, 0.717) is 5.56 Å². The lowest BCUT2D eigenvalue weighted by Crippen LogP contribution is -2.29. The molecule has 1 N–H and O–H groups in total. The first-order chi connectivity index (χ1) is 11.5. The van der Waals surface area contributed by atoms with Crippen LogP contribution in [-0.2, 0) is 10.0 Å². The van der Waals surface area contributed by atoms with Crippen LogP contribution in [0.2, 0.25) is 0 Å². The van der Waals surface area contributed by atoms with Gasteiger partial charge in [0.15, 0.2) is 5.84 Å². The lowest BCUT2D eigenvalue weighted by molar-refractivity contribution is 0.254. The Labute approximate surface area is 140 Å². The SMILES string of the molecule is Cc1ccccc1/C=N\N(CCO)C1=NS(=O)(=O)c2ccccc21. The fourth-order valence-electron chi connectivity index (χ4n) is 2.45. The van der Waals surface area contributed by atoms with Gasteiger partial charge in [0.05, 0.1) is 19.4 Å². The summed E-state index contributed by atoms with van der Waals surface area (Å²) in [5, 5.41) is 15.1. The summed E-state index contributed by atoms with van der Waals surface area (Å²) >= 11 is 0. The lowest BCUT2D eigenvalue weighted by Gasteiger charge is -2.17. The van der Waals surface area contributed by atoms with E-state index in [9.17, 15) is 13.5 Å². The molecule has 6 nitrogen and oxygen atoms in total. The van der Waals surface area contributed by atoms with Crippen LogP contribution in [0.1, 0.15) is 16.7 Å². The van der Waals surface area contributed by atoms with E-state index in [4.69, 9.17) is 0 Å². The number of sulfonamides is 1. The highest BCUT2D eigenvalue weighted by Gasteiger charge is 2.31. The number of hydrogen-bond acceptors (Lipinski definition) is 5. The fourth-order valence-corrected chi connectivity index (χ4v) is 3.66. The molecular weight excluding hydrogens is 326 g/mol. The van der Waals surface area contributed by atoms with Crippen molar-refractivity contribution in [3.8, 4) is 0 Å². The minimum Gasteiger partial charge on any atom is -0.394 e.